The molecule has 1 aromatic heterocycles. The minimum atomic E-state index is -0.258. The van der Waals surface area contributed by atoms with Gasteiger partial charge in [-0.2, -0.15) is 0 Å². The molecule has 1 unspecified atom stereocenters. The van der Waals surface area contributed by atoms with E-state index in [1.54, 1.807) is 12.3 Å². The second kappa shape index (κ2) is 9.72. The number of aryl methyl sites for hydroxylation is 2. The molecule has 1 aromatic carbocycles. The summed E-state index contributed by atoms with van der Waals surface area (Å²) in [5.41, 5.74) is 4.54. The number of pyridine rings is 1. The molecule has 27 heavy (non-hydrogen) atoms. The lowest BCUT2D eigenvalue weighted by Gasteiger charge is -2.32. The Kier molecular flexibility index (Phi) is 7.64. The van der Waals surface area contributed by atoms with E-state index in [9.17, 15) is 0 Å². The maximum absolute atomic E-state index is 6.37. The largest absolute Gasteiger partial charge is 0.459 e. The molecule has 0 saturated heterocycles. The Morgan fingerprint density at radius 1 is 1.22 bits per heavy atom. The Morgan fingerprint density at radius 3 is 2.59 bits per heavy atom. The van der Waals surface area contributed by atoms with Crippen LogP contribution in [0.2, 0.25) is 0 Å². The van der Waals surface area contributed by atoms with E-state index in [0.717, 1.165) is 22.6 Å². The van der Waals surface area contributed by atoms with Crippen LogP contribution in [0.5, 0.6) is 5.75 Å². The molecule has 4 heteroatoms. The van der Waals surface area contributed by atoms with Crippen molar-refractivity contribution < 1.29 is 9.47 Å². The summed E-state index contributed by atoms with van der Waals surface area (Å²) in [5.74, 6) is 1.56. The zero-order chi connectivity index (χ0) is 19.9. The number of rotatable bonds is 7. The highest BCUT2D eigenvalue weighted by Crippen LogP contribution is 2.32. The summed E-state index contributed by atoms with van der Waals surface area (Å²) in [4.78, 5) is 4.20. The standard InChI is InChI=1S/C23H28ClNO2/c1-17-9-10-20(18(2)14-17)27-21(15-19-8-6-12-25-16-19)22(23(3,4)5)26-13-7-11-24/h6-12,14-16,22H,13H2,1-5H3. The van der Waals surface area contributed by atoms with Crippen molar-refractivity contribution in [3.63, 3.8) is 0 Å². The van der Waals surface area contributed by atoms with Crippen molar-refractivity contribution in [2.75, 3.05) is 6.61 Å². The van der Waals surface area contributed by atoms with Crippen LogP contribution in [0.15, 0.2) is 60.1 Å². The predicted molar refractivity (Wildman–Crippen MR) is 113 cm³/mol. The van der Waals surface area contributed by atoms with Crippen molar-refractivity contribution in [2.45, 2.75) is 40.7 Å². The second-order valence-corrected chi connectivity index (χ2v) is 7.90. The van der Waals surface area contributed by atoms with Gasteiger partial charge in [0.2, 0.25) is 0 Å². The van der Waals surface area contributed by atoms with Crippen LogP contribution in [0.4, 0.5) is 0 Å². The van der Waals surface area contributed by atoms with Crippen LogP contribution in [-0.4, -0.2) is 17.7 Å². The third-order valence-electron chi connectivity index (χ3n) is 4.04. The van der Waals surface area contributed by atoms with Crippen LogP contribution in [0.25, 0.3) is 6.08 Å². The fourth-order valence-electron chi connectivity index (χ4n) is 2.77. The van der Waals surface area contributed by atoms with E-state index >= 15 is 0 Å². The molecule has 0 radical (unpaired) electrons. The van der Waals surface area contributed by atoms with E-state index in [0.29, 0.717) is 6.61 Å². The van der Waals surface area contributed by atoms with E-state index in [4.69, 9.17) is 21.1 Å². The monoisotopic (exact) mass is 385 g/mol. The van der Waals surface area contributed by atoms with Crippen LogP contribution in [0, 0.1) is 19.3 Å². The van der Waals surface area contributed by atoms with Gasteiger partial charge in [-0.1, -0.05) is 56.1 Å². The second-order valence-electron chi connectivity index (χ2n) is 7.65. The molecule has 0 aliphatic heterocycles. The van der Waals surface area contributed by atoms with Crippen molar-refractivity contribution in [3.8, 4) is 5.75 Å². The fourth-order valence-corrected chi connectivity index (χ4v) is 2.84. The molecule has 3 nitrogen and oxygen atoms in total. The first-order valence-corrected chi connectivity index (χ1v) is 9.48. The van der Waals surface area contributed by atoms with Crippen LogP contribution in [0.1, 0.15) is 37.5 Å². The highest BCUT2D eigenvalue weighted by atomic mass is 35.5. The molecule has 0 saturated carbocycles. The average molecular weight is 386 g/mol. The van der Waals surface area contributed by atoms with Crippen molar-refractivity contribution in [3.05, 3.63) is 76.8 Å². The van der Waals surface area contributed by atoms with Gasteiger partial charge in [-0.25, -0.2) is 0 Å². The van der Waals surface area contributed by atoms with Gasteiger partial charge in [0, 0.05) is 17.9 Å². The molecule has 0 spiro atoms. The van der Waals surface area contributed by atoms with Gasteiger partial charge in [0.15, 0.2) is 0 Å². The topological polar surface area (TPSA) is 31.4 Å². The Labute approximate surface area is 167 Å². The molecule has 0 amide bonds. The minimum Gasteiger partial charge on any atom is -0.459 e. The molecule has 1 heterocycles. The first kappa shape index (κ1) is 21.2. The first-order valence-electron chi connectivity index (χ1n) is 9.05. The predicted octanol–water partition coefficient (Wildman–Crippen LogP) is 6.30. The fraction of sp³-hybridized carbons (Fsp3) is 0.348. The number of benzene rings is 1. The normalized spacial score (nSPS) is 13.8. The van der Waals surface area contributed by atoms with E-state index in [-0.39, 0.29) is 11.5 Å². The first-order chi connectivity index (χ1) is 12.8. The molecule has 2 aromatic rings. The number of hydrogen-bond donors (Lipinski definition) is 0. The molecule has 0 bridgehead atoms. The SMILES string of the molecule is Cc1ccc(OC(=Cc2cccnc2)C(OCC=CCl)C(C)(C)C)c(C)c1. The minimum absolute atomic E-state index is 0.174. The van der Waals surface area contributed by atoms with Crippen LogP contribution >= 0.6 is 11.6 Å². The van der Waals surface area contributed by atoms with Gasteiger partial charge in [0.1, 0.15) is 17.6 Å². The molecule has 0 N–H and O–H groups in total. The maximum atomic E-state index is 6.37. The smallest absolute Gasteiger partial charge is 0.134 e. The number of aromatic nitrogens is 1. The molecule has 144 valence electrons. The zero-order valence-corrected chi connectivity index (χ0v) is 17.5. The van der Waals surface area contributed by atoms with Gasteiger partial charge in [-0.15, -0.1) is 0 Å². The molecular formula is C23H28ClNO2. The lowest BCUT2D eigenvalue weighted by atomic mass is 9.87. The van der Waals surface area contributed by atoms with Crippen molar-refractivity contribution in [2.24, 2.45) is 5.41 Å². The highest BCUT2D eigenvalue weighted by Gasteiger charge is 2.31. The van der Waals surface area contributed by atoms with E-state index in [2.05, 4.69) is 38.7 Å². The van der Waals surface area contributed by atoms with Crippen molar-refractivity contribution in [1.29, 1.82) is 0 Å². The number of hydrogen-bond acceptors (Lipinski definition) is 3. The van der Waals surface area contributed by atoms with Gasteiger partial charge in [-0.3, -0.25) is 4.98 Å². The Hall–Kier alpha value is -2.10. The number of halogens is 1. The molecular weight excluding hydrogens is 358 g/mol. The summed E-state index contributed by atoms with van der Waals surface area (Å²) in [6.07, 6.45) is 7.08. The highest BCUT2D eigenvalue weighted by molar-refractivity contribution is 6.25. The quantitative estimate of drug-likeness (QED) is 0.524. The Balaban J connectivity index is 2.45. The van der Waals surface area contributed by atoms with Crippen LogP contribution in [-0.2, 0) is 4.74 Å². The molecule has 0 fully saturated rings. The van der Waals surface area contributed by atoms with E-state index in [1.165, 1.54) is 11.1 Å². The van der Waals surface area contributed by atoms with Crippen molar-refractivity contribution in [1.82, 2.24) is 4.98 Å². The third kappa shape index (κ3) is 6.53. The summed E-state index contributed by atoms with van der Waals surface area (Å²) in [7, 11) is 0. The number of ether oxygens (including phenoxy) is 2. The lowest BCUT2D eigenvalue weighted by Crippen LogP contribution is -2.33. The van der Waals surface area contributed by atoms with Gasteiger partial charge < -0.3 is 9.47 Å². The average Bonchev–Trinajstić information content (AvgIpc) is 2.60. The van der Waals surface area contributed by atoms with Crippen molar-refractivity contribution >= 4 is 17.7 Å². The summed E-state index contributed by atoms with van der Waals surface area (Å²) in [6, 6.07) is 10.1. The lowest BCUT2D eigenvalue weighted by molar-refractivity contribution is 0.00162. The summed E-state index contributed by atoms with van der Waals surface area (Å²) in [5, 5.41) is 0. The molecule has 1 atom stereocenters. The Bertz CT molecular complexity index is 792. The molecule has 2 rings (SSSR count). The van der Waals surface area contributed by atoms with Gasteiger partial charge in [0.05, 0.1) is 6.61 Å². The van der Waals surface area contributed by atoms with E-state index in [1.807, 2.05) is 43.5 Å². The molecule has 0 aliphatic carbocycles. The van der Waals surface area contributed by atoms with Gasteiger partial charge in [0.25, 0.3) is 0 Å². The molecule has 0 aliphatic rings. The maximum Gasteiger partial charge on any atom is 0.134 e. The van der Waals surface area contributed by atoms with Gasteiger partial charge in [-0.05, 0) is 54.7 Å². The third-order valence-corrected chi connectivity index (χ3v) is 4.22. The van der Waals surface area contributed by atoms with Crippen LogP contribution < -0.4 is 4.74 Å². The van der Waals surface area contributed by atoms with Gasteiger partial charge >= 0.3 is 0 Å². The van der Waals surface area contributed by atoms with Crippen LogP contribution in [0.3, 0.4) is 0 Å². The Morgan fingerprint density at radius 2 is 2.00 bits per heavy atom. The summed E-state index contributed by atoms with van der Waals surface area (Å²) >= 11 is 5.66. The van der Waals surface area contributed by atoms with E-state index < -0.39 is 0 Å². The summed E-state index contributed by atoms with van der Waals surface area (Å²) in [6.45, 7) is 10.9. The zero-order valence-electron chi connectivity index (χ0n) is 16.7. The number of nitrogens with zero attached hydrogens (tertiary/aromatic N) is 1. The summed E-state index contributed by atoms with van der Waals surface area (Å²) < 4.78 is 12.5.